The molecule has 3 N–H and O–H groups in total. The second-order valence-electron chi connectivity index (χ2n) is 5.37. The Kier molecular flexibility index (Phi) is 5.53. The lowest BCUT2D eigenvalue weighted by molar-refractivity contribution is -0.121. The minimum Gasteiger partial charge on any atom is -0.352 e. The van der Waals surface area contributed by atoms with Crippen LogP contribution >= 0.6 is 0 Å². The minimum absolute atomic E-state index is 0.0245. The van der Waals surface area contributed by atoms with E-state index in [4.69, 9.17) is 5.14 Å². The quantitative estimate of drug-likeness (QED) is 0.791. The van der Waals surface area contributed by atoms with Crippen LogP contribution in [0.3, 0.4) is 0 Å². The predicted octanol–water partition coefficient (Wildman–Crippen LogP) is 0.511. The van der Waals surface area contributed by atoms with Gasteiger partial charge >= 0.3 is 0 Å². The van der Waals surface area contributed by atoms with Gasteiger partial charge in [0.25, 0.3) is 5.56 Å². The molecule has 0 aliphatic rings. The lowest BCUT2D eigenvalue weighted by atomic mass is 10.2. The van der Waals surface area contributed by atoms with Gasteiger partial charge in [-0.15, -0.1) is 0 Å². The molecular weight excluding hydrogens is 330 g/mol. The van der Waals surface area contributed by atoms with E-state index in [1.807, 2.05) is 13.0 Å². The molecule has 128 valence electrons. The van der Waals surface area contributed by atoms with Gasteiger partial charge in [-0.25, -0.2) is 13.6 Å². The molecule has 0 aliphatic heterocycles. The zero-order valence-electron chi connectivity index (χ0n) is 13.2. The Morgan fingerprint density at radius 1 is 1.17 bits per heavy atom. The molecule has 0 bridgehead atoms. The second-order valence-corrected chi connectivity index (χ2v) is 6.93. The molecule has 0 saturated carbocycles. The smallest absolute Gasteiger partial charge is 0.250 e. The number of aromatic nitrogens is 1. The van der Waals surface area contributed by atoms with Crippen LogP contribution in [0.1, 0.15) is 17.7 Å². The number of carbonyl (C=O) groups is 1. The lowest BCUT2D eigenvalue weighted by Gasteiger charge is -2.10. The fourth-order valence-electron chi connectivity index (χ4n) is 2.21. The molecule has 0 atom stereocenters. The number of hydrogen-bond acceptors (Lipinski definition) is 4. The SMILES string of the molecule is Cc1cccc(=O)n1CCC(=O)NCc1ccc(S(N)(=O)=O)cc1. The van der Waals surface area contributed by atoms with Crippen molar-refractivity contribution in [2.45, 2.75) is 31.3 Å². The maximum atomic E-state index is 11.9. The molecule has 0 unspecified atom stereocenters. The fraction of sp³-hybridized carbons (Fsp3) is 0.250. The van der Waals surface area contributed by atoms with Gasteiger partial charge in [0.05, 0.1) is 4.90 Å². The van der Waals surface area contributed by atoms with Crippen LogP contribution in [0.25, 0.3) is 0 Å². The van der Waals surface area contributed by atoms with Gasteiger partial charge in [-0.1, -0.05) is 18.2 Å². The number of nitrogens with two attached hydrogens (primary N) is 1. The van der Waals surface area contributed by atoms with Gasteiger partial charge in [0.1, 0.15) is 0 Å². The molecule has 0 saturated heterocycles. The van der Waals surface area contributed by atoms with Crippen molar-refractivity contribution in [3.05, 3.63) is 64.1 Å². The molecule has 2 aromatic rings. The van der Waals surface area contributed by atoms with Crippen LogP contribution < -0.4 is 16.0 Å². The molecule has 1 amide bonds. The standard InChI is InChI=1S/C16H19N3O4S/c1-12-3-2-4-16(21)19(12)10-9-15(20)18-11-13-5-7-14(8-6-13)24(17,22)23/h2-8H,9-11H2,1H3,(H,18,20)(H2,17,22,23). The molecular formula is C16H19N3O4S. The third-order valence-electron chi connectivity index (χ3n) is 3.57. The van der Waals surface area contributed by atoms with Crippen LogP contribution in [-0.2, 0) is 27.9 Å². The Labute approximate surface area is 140 Å². The third kappa shape index (κ3) is 4.77. The predicted molar refractivity (Wildman–Crippen MR) is 89.7 cm³/mol. The average molecular weight is 349 g/mol. The summed E-state index contributed by atoms with van der Waals surface area (Å²) in [5.41, 5.74) is 1.42. The zero-order valence-corrected chi connectivity index (χ0v) is 14.0. The largest absolute Gasteiger partial charge is 0.352 e. The van der Waals surface area contributed by atoms with Crippen molar-refractivity contribution in [2.24, 2.45) is 5.14 Å². The first-order chi connectivity index (χ1) is 11.3. The summed E-state index contributed by atoms with van der Waals surface area (Å²) in [5.74, 6) is -0.194. The maximum Gasteiger partial charge on any atom is 0.250 e. The van der Waals surface area contributed by atoms with Crippen LogP contribution in [0.15, 0.2) is 52.2 Å². The van der Waals surface area contributed by atoms with Crippen molar-refractivity contribution < 1.29 is 13.2 Å². The number of nitrogens with zero attached hydrogens (tertiary/aromatic N) is 1. The van der Waals surface area contributed by atoms with Crippen molar-refractivity contribution in [3.63, 3.8) is 0 Å². The van der Waals surface area contributed by atoms with Crippen LogP contribution in [0.4, 0.5) is 0 Å². The number of benzene rings is 1. The summed E-state index contributed by atoms with van der Waals surface area (Å²) < 4.78 is 23.9. The highest BCUT2D eigenvalue weighted by Crippen LogP contribution is 2.08. The van der Waals surface area contributed by atoms with E-state index in [1.165, 1.54) is 18.2 Å². The first-order valence-corrected chi connectivity index (χ1v) is 8.87. The Balaban J connectivity index is 1.88. The van der Waals surface area contributed by atoms with E-state index in [2.05, 4.69) is 5.32 Å². The summed E-state index contributed by atoms with van der Waals surface area (Å²) >= 11 is 0. The van der Waals surface area contributed by atoms with Crippen molar-refractivity contribution in [2.75, 3.05) is 0 Å². The Morgan fingerprint density at radius 3 is 2.42 bits per heavy atom. The molecule has 8 heteroatoms. The number of sulfonamides is 1. The van der Waals surface area contributed by atoms with Gasteiger partial charge in [0.2, 0.25) is 15.9 Å². The number of aryl methyl sites for hydroxylation is 1. The van der Waals surface area contributed by atoms with Crippen molar-refractivity contribution in [1.82, 2.24) is 9.88 Å². The number of rotatable bonds is 6. The maximum absolute atomic E-state index is 11.9. The number of pyridine rings is 1. The van der Waals surface area contributed by atoms with Gasteiger partial charge in [0, 0.05) is 31.3 Å². The molecule has 0 aliphatic carbocycles. The summed E-state index contributed by atoms with van der Waals surface area (Å²) in [4.78, 5) is 23.6. The van der Waals surface area contributed by atoms with Gasteiger partial charge in [-0.3, -0.25) is 9.59 Å². The lowest BCUT2D eigenvalue weighted by Crippen LogP contribution is -2.27. The monoisotopic (exact) mass is 349 g/mol. The summed E-state index contributed by atoms with van der Waals surface area (Å²) in [6.45, 7) is 2.39. The summed E-state index contributed by atoms with van der Waals surface area (Å²) in [7, 11) is -3.72. The highest BCUT2D eigenvalue weighted by Gasteiger charge is 2.08. The Bertz CT molecular complexity index is 886. The molecule has 7 nitrogen and oxygen atoms in total. The number of hydrogen-bond donors (Lipinski definition) is 2. The molecule has 1 aromatic heterocycles. The summed E-state index contributed by atoms with van der Waals surface area (Å²) in [6.07, 6.45) is 0.181. The molecule has 2 rings (SSSR count). The average Bonchev–Trinajstić information content (AvgIpc) is 2.52. The van der Waals surface area contributed by atoms with Gasteiger partial charge in [-0.2, -0.15) is 0 Å². The first kappa shape index (κ1) is 17.9. The van der Waals surface area contributed by atoms with E-state index in [0.29, 0.717) is 6.54 Å². The zero-order chi connectivity index (χ0) is 17.7. The molecule has 0 radical (unpaired) electrons. The minimum atomic E-state index is -3.72. The van der Waals surface area contributed by atoms with Crippen LogP contribution in [0.2, 0.25) is 0 Å². The van der Waals surface area contributed by atoms with E-state index in [0.717, 1.165) is 11.3 Å². The molecule has 24 heavy (non-hydrogen) atoms. The Morgan fingerprint density at radius 2 is 1.83 bits per heavy atom. The second kappa shape index (κ2) is 7.41. The highest BCUT2D eigenvalue weighted by molar-refractivity contribution is 7.89. The number of carbonyl (C=O) groups excluding carboxylic acids is 1. The fourth-order valence-corrected chi connectivity index (χ4v) is 2.72. The van der Waals surface area contributed by atoms with Gasteiger partial charge < -0.3 is 9.88 Å². The first-order valence-electron chi connectivity index (χ1n) is 7.32. The van der Waals surface area contributed by atoms with E-state index < -0.39 is 10.0 Å². The highest BCUT2D eigenvalue weighted by atomic mass is 32.2. The third-order valence-corrected chi connectivity index (χ3v) is 4.50. The van der Waals surface area contributed by atoms with Crippen LogP contribution in [0, 0.1) is 6.92 Å². The number of amides is 1. The van der Waals surface area contributed by atoms with Crippen molar-refractivity contribution in [1.29, 1.82) is 0 Å². The normalized spacial score (nSPS) is 11.2. The molecule has 0 spiro atoms. The van der Waals surface area contributed by atoms with E-state index in [-0.39, 0.29) is 29.3 Å². The van der Waals surface area contributed by atoms with Crippen molar-refractivity contribution in [3.8, 4) is 0 Å². The molecule has 1 heterocycles. The van der Waals surface area contributed by atoms with Crippen molar-refractivity contribution >= 4 is 15.9 Å². The van der Waals surface area contributed by atoms with Crippen LogP contribution in [0.5, 0.6) is 0 Å². The summed E-state index contributed by atoms with van der Waals surface area (Å²) in [6, 6.07) is 10.9. The van der Waals surface area contributed by atoms with Gasteiger partial charge in [-0.05, 0) is 30.7 Å². The number of nitrogens with one attached hydrogen (secondary N) is 1. The van der Waals surface area contributed by atoms with E-state index in [9.17, 15) is 18.0 Å². The topological polar surface area (TPSA) is 111 Å². The number of primary sulfonamides is 1. The van der Waals surface area contributed by atoms with Gasteiger partial charge in [0.15, 0.2) is 0 Å². The van der Waals surface area contributed by atoms with Crippen LogP contribution in [-0.4, -0.2) is 18.9 Å². The van der Waals surface area contributed by atoms with E-state index >= 15 is 0 Å². The molecule has 0 fully saturated rings. The molecule has 1 aromatic carbocycles. The summed E-state index contributed by atoms with van der Waals surface area (Å²) in [5, 5.41) is 7.75. The Hall–Kier alpha value is -2.45. The van der Waals surface area contributed by atoms with E-state index in [1.54, 1.807) is 22.8 Å².